The van der Waals surface area contributed by atoms with Crippen LogP contribution in [0.2, 0.25) is 0 Å². The lowest BCUT2D eigenvalue weighted by atomic mass is 10.2. The summed E-state index contributed by atoms with van der Waals surface area (Å²) in [4.78, 5) is 0. The van der Waals surface area contributed by atoms with Gasteiger partial charge in [-0.25, -0.2) is 17.8 Å². The van der Waals surface area contributed by atoms with Crippen LogP contribution >= 0.6 is 15.9 Å². The number of rotatable bonds is 6. The quantitative estimate of drug-likeness (QED) is 0.794. The molecule has 0 atom stereocenters. The Labute approximate surface area is 109 Å². The lowest BCUT2D eigenvalue weighted by Crippen LogP contribution is -2.27. The third-order valence-electron chi connectivity index (χ3n) is 2.77. The lowest BCUT2D eigenvalue weighted by molar-refractivity contribution is 0.554. The monoisotopic (exact) mass is 322 g/mol. The van der Waals surface area contributed by atoms with E-state index < -0.39 is 10.0 Å². The Balaban J connectivity index is 1.93. The van der Waals surface area contributed by atoms with Crippen molar-refractivity contribution in [3.8, 4) is 0 Å². The van der Waals surface area contributed by atoms with Gasteiger partial charge in [-0.05, 0) is 34.7 Å². The molecule has 8 heteroatoms. The summed E-state index contributed by atoms with van der Waals surface area (Å²) >= 11 is 3.08. The highest BCUT2D eigenvalue weighted by Crippen LogP contribution is 2.33. The van der Waals surface area contributed by atoms with E-state index in [0.29, 0.717) is 6.54 Å². The minimum absolute atomic E-state index is 0.0731. The first-order valence-corrected chi connectivity index (χ1v) is 7.83. The van der Waals surface area contributed by atoms with Crippen LogP contribution in [0.5, 0.6) is 0 Å². The minimum Gasteiger partial charge on any atom is -0.235 e. The van der Waals surface area contributed by atoms with Gasteiger partial charge in [-0.15, -0.1) is 5.10 Å². The number of aromatic nitrogens is 3. The molecule has 1 N–H and O–H groups in total. The topological polar surface area (TPSA) is 76.9 Å². The predicted octanol–water partition coefficient (Wildman–Crippen LogP) is 1.05. The van der Waals surface area contributed by atoms with E-state index in [4.69, 9.17) is 0 Å². The molecule has 0 spiro atoms. The molecule has 0 bridgehead atoms. The minimum atomic E-state index is -3.51. The number of hydrogen-bond acceptors (Lipinski definition) is 4. The highest BCUT2D eigenvalue weighted by atomic mass is 79.9. The van der Waals surface area contributed by atoms with Gasteiger partial charge in [0, 0.05) is 13.6 Å². The van der Waals surface area contributed by atoms with Crippen molar-refractivity contribution in [2.75, 3.05) is 6.54 Å². The van der Waals surface area contributed by atoms with Crippen molar-refractivity contribution in [2.45, 2.75) is 30.7 Å². The van der Waals surface area contributed by atoms with Crippen LogP contribution in [0, 0.1) is 5.92 Å². The van der Waals surface area contributed by atoms with Crippen LogP contribution in [0.4, 0.5) is 0 Å². The third-order valence-corrected chi connectivity index (χ3v) is 5.12. The van der Waals surface area contributed by atoms with Crippen LogP contribution in [0.1, 0.15) is 25.7 Å². The van der Waals surface area contributed by atoms with Gasteiger partial charge < -0.3 is 0 Å². The summed E-state index contributed by atoms with van der Waals surface area (Å²) in [6, 6.07) is 0. The molecule has 1 aromatic rings. The van der Waals surface area contributed by atoms with Gasteiger partial charge in [0.05, 0.1) is 0 Å². The van der Waals surface area contributed by atoms with Gasteiger partial charge >= 0.3 is 0 Å². The number of nitrogens with zero attached hydrogens (tertiary/aromatic N) is 3. The maximum absolute atomic E-state index is 12.0. The Kier molecular flexibility index (Phi) is 3.84. The zero-order valence-electron chi connectivity index (χ0n) is 9.56. The molecule has 6 nitrogen and oxygen atoms in total. The van der Waals surface area contributed by atoms with Gasteiger partial charge in [-0.2, -0.15) is 0 Å². The summed E-state index contributed by atoms with van der Waals surface area (Å²) in [5.41, 5.74) is 0. The molecule has 0 saturated heterocycles. The summed E-state index contributed by atoms with van der Waals surface area (Å²) in [7, 11) is -1.96. The number of halogens is 1. The zero-order chi connectivity index (χ0) is 12.5. The van der Waals surface area contributed by atoms with Crippen molar-refractivity contribution in [3.05, 3.63) is 4.60 Å². The molecular formula is C9H15BrN4O2S. The molecule has 0 amide bonds. The molecule has 0 radical (unpaired) electrons. The second-order valence-corrected chi connectivity index (χ2v) is 6.73. The Morgan fingerprint density at radius 2 is 2.24 bits per heavy atom. The van der Waals surface area contributed by atoms with Gasteiger partial charge in [0.2, 0.25) is 5.03 Å². The summed E-state index contributed by atoms with van der Waals surface area (Å²) in [5, 5.41) is 7.38. The molecule has 96 valence electrons. The van der Waals surface area contributed by atoms with E-state index in [-0.39, 0.29) is 9.63 Å². The smallest absolute Gasteiger partial charge is 0.235 e. The van der Waals surface area contributed by atoms with Gasteiger partial charge in [-0.3, -0.25) is 0 Å². The standard InChI is InChI=1S/C9H15BrN4O2S/c1-14-9(8(10)12-13-14)17(15,16)11-6-2-3-7-4-5-7/h7,11H,2-6H2,1H3. The fourth-order valence-corrected chi connectivity index (χ4v) is 3.84. The van der Waals surface area contributed by atoms with Crippen molar-refractivity contribution >= 4 is 26.0 Å². The maximum atomic E-state index is 12.0. The summed E-state index contributed by atoms with van der Waals surface area (Å²) in [5.74, 6) is 0.824. The molecule has 0 aliphatic heterocycles. The summed E-state index contributed by atoms with van der Waals surface area (Å²) in [6.07, 6.45) is 4.58. The summed E-state index contributed by atoms with van der Waals surface area (Å²) in [6.45, 7) is 0.469. The Morgan fingerprint density at radius 1 is 1.53 bits per heavy atom. The van der Waals surface area contributed by atoms with Crippen LogP contribution < -0.4 is 4.72 Å². The average Bonchev–Trinajstić information content (AvgIpc) is 3.00. The lowest BCUT2D eigenvalue weighted by Gasteiger charge is -2.06. The second kappa shape index (κ2) is 5.03. The third kappa shape index (κ3) is 3.26. The van der Waals surface area contributed by atoms with Crippen molar-refractivity contribution < 1.29 is 8.42 Å². The first-order chi connectivity index (χ1) is 8.00. The first-order valence-electron chi connectivity index (χ1n) is 5.55. The SMILES string of the molecule is Cn1nnc(Br)c1S(=O)(=O)NCCCC1CC1. The number of sulfonamides is 1. The van der Waals surface area contributed by atoms with Crippen molar-refractivity contribution in [2.24, 2.45) is 13.0 Å². The highest BCUT2D eigenvalue weighted by Gasteiger charge is 2.24. The van der Waals surface area contributed by atoms with E-state index in [2.05, 4.69) is 31.0 Å². The van der Waals surface area contributed by atoms with E-state index in [1.807, 2.05) is 0 Å². The fourth-order valence-electron chi connectivity index (χ4n) is 1.68. The van der Waals surface area contributed by atoms with E-state index in [9.17, 15) is 8.42 Å². The average molecular weight is 323 g/mol. The first kappa shape index (κ1) is 13.0. The van der Waals surface area contributed by atoms with Gasteiger partial charge in [0.15, 0.2) is 4.60 Å². The largest absolute Gasteiger partial charge is 0.260 e. The van der Waals surface area contributed by atoms with Gasteiger partial charge in [0.1, 0.15) is 0 Å². The summed E-state index contributed by atoms with van der Waals surface area (Å²) < 4.78 is 28.0. The van der Waals surface area contributed by atoms with Crippen LogP contribution in [0.15, 0.2) is 9.63 Å². The van der Waals surface area contributed by atoms with Crippen LogP contribution in [0.25, 0.3) is 0 Å². The van der Waals surface area contributed by atoms with E-state index in [1.54, 1.807) is 7.05 Å². The molecule has 1 saturated carbocycles. The second-order valence-electron chi connectivity index (χ2n) is 4.29. The molecule has 17 heavy (non-hydrogen) atoms. The van der Waals surface area contributed by atoms with Crippen molar-refractivity contribution in [1.82, 2.24) is 19.7 Å². The zero-order valence-corrected chi connectivity index (χ0v) is 12.0. The normalized spacial score (nSPS) is 16.4. The number of aryl methyl sites for hydroxylation is 1. The highest BCUT2D eigenvalue weighted by molar-refractivity contribution is 9.10. The Hall–Kier alpha value is -0.470. The fraction of sp³-hybridized carbons (Fsp3) is 0.778. The molecule has 1 aliphatic carbocycles. The Morgan fingerprint density at radius 3 is 2.76 bits per heavy atom. The van der Waals surface area contributed by atoms with Gasteiger partial charge in [0.25, 0.3) is 10.0 Å². The van der Waals surface area contributed by atoms with E-state index >= 15 is 0 Å². The van der Waals surface area contributed by atoms with Gasteiger partial charge in [-0.1, -0.05) is 18.1 Å². The molecule has 1 heterocycles. The van der Waals surface area contributed by atoms with Crippen LogP contribution in [-0.4, -0.2) is 30.0 Å². The molecular weight excluding hydrogens is 308 g/mol. The number of nitrogens with one attached hydrogen (secondary N) is 1. The molecule has 2 rings (SSSR count). The van der Waals surface area contributed by atoms with Crippen molar-refractivity contribution in [3.63, 3.8) is 0 Å². The maximum Gasteiger partial charge on any atom is 0.260 e. The van der Waals surface area contributed by atoms with E-state index in [0.717, 1.165) is 18.8 Å². The molecule has 0 aromatic carbocycles. The van der Waals surface area contributed by atoms with Crippen LogP contribution in [0.3, 0.4) is 0 Å². The van der Waals surface area contributed by atoms with Crippen LogP contribution in [-0.2, 0) is 17.1 Å². The van der Waals surface area contributed by atoms with Crippen molar-refractivity contribution in [1.29, 1.82) is 0 Å². The molecule has 1 aliphatic rings. The predicted molar refractivity (Wildman–Crippen MR) is 65.8 cm³/mol. The Bertz CT molecular complexity index is 476. The van der Waals surface area contributed by atoms with E-state index in [1.165, 1.54) is 17.5 Å². The molecule has 1 fully saturated rings. The molecule has 1 aromatic heterocycles. The number of hydrogen-bond donors (Lipinski definition) is 1. The molecule has 0 unspecified atom stereocenters.